The van der Waals surface area contributed by atoms with Crippen molar-refractivity contribution in [1.29, 1.82) is 0 Å². The van der Waals surface area contributed by atoms with Gasteiger partial charge in [0, 0.05) is 18.6 Å². The van der Waals surface area contributed by atoms with Crippen LogP contribution in [0.2, 0.25) is 0 Å². The Labute approximate surface area is 87.7 Å². The third kappa shape index (κ3) is 6.06. The van der Waals surface area contributed by atoms with Crippen molar-refractivity contribution in [2.75, 3.05) is 13.1 Å². The van der Waals surface area contributed by atoms with Crippen molar-refractivity contribution in [3.63, 3.8) is 0 Å². The summed E-state index contributed by atoms with van der Waals surface area (Å²) in [6.07, 6.45) is 2.66. The Hall–Kier alpha value is 0.500. The largest absolute Gasteiger partial charge is 0.315 e. The first-order valence-corrected chi connectivity index (χ1v) is 4.26. The van der Waals surface area contributed by atoms with E-state index in [0.29, 0.717) is 12.1 Å². The van der Waals surface area contributed by atoms with Gasteiger partial charge in [-0.25, -0.2) is 0 Å². The van der Waals surface area contributed by atoms with Crippen molar-refractivity contribution in [2.24, 2.45) is 0 Å². The number of hydrogen-bond donors (Lipinski definition) is 2. The third-order valence-electron chi connectivity index (χ3n) is 1.87. The normalized spacial score (nSPS) is 22.8. The first-order chi connectivity index (χ1) is 4.79. The minimum atomic E-state index is 0. The molecule has 0 spiro atoms. The maximum absolute atomic E-state index is 3.52. The van der Waals surface area contributed by atoms with Crippen LogP contribution >= 0.6 is 24.8 Å². The summed E-state index contributed by atoms with van der Waals surface area (Å²) in [5, 5.41) is 6.90. The summed E-state index contributed by atoms with van der Waals surface area (Å²) in [5.41, 5.74) is 0. The van der Waals surface area contributed by atoms with Gasteiger partial charge < -0.3 is 10.6 Å². The van der Waals surface area contributed by atoms with Crippen LogP contribution in [-0.2, 0) is 0 Å². The summed E-state index contributed by atoms with van der Waals surface area (Å²) >= 11 is 0. The smallest absolute Gasteiger partial charge is 0.0195 e. The van der Waals surface area contributed by atoms with Crippen LogP contribution in [0.3, 0.4) is 0 Å². The second kappa shape index (κ2) is 8.11. The van der Waals surface area contributed by atoms with Crippen molar-refractivity contribution in [3.05, 3.63) is 0 Å². The van der Waals surface area contributed by atoms with Gasteiger partial charge in [0.05, 0.1) is 0 Å². The Kier molecular flexibility index (Phi) is 10.1. The van der Waals surface area contributed by atoms with Crippen LogP contribution in [0.15, 0.2) is 0 Å². The molecule has 1 rings (SSSR count). The van der Waals surface area contributed by atoms with Crippen molar-refractivity contribution >= 4 is 24.8 Å². The zero-order valence-electron chi connectivity index (χ0n) is 7.80. The van der Waals surface area contributed by atoms with E-state index in [4.69, 9.17) is 0 Å². The predicted octanol–water partition coefficient (Wildman–Crippen LogP) is 1.58. The molecule has 1 atom stereocenters. The highest BCUT2D eigenvalue weighted by atomic mass is 35.5. The van der Waals surface area contributed by atoms with Gasteiger partial charge in [-0.3, -0.25) is 0 Å². The molecule has 0 radical (unpaired) electrons. The molecule has 2 N–H and O–H groups in total. The summed E-state index contributed by atoms with van der Waals surface area (Å²) in [4.78, 5) is 0. The zero-order valence-corrected chi connectivity index (χ0v) is 9.43. The lowest BCUT2D eigenvalue weighted by atomic mass is 10.1. The van der Waals surface area contributed by atoms with Crippen molar-refractivity contribution < 1.29 is 0 Å². The molecule has 0 aromatic carbocycles. The highest BCUT2D eigenvalue weighted by molar-refractivity contribution is 5.85. The molecular weight excluding hydrogens is 195 g/mol. The topological polar surface area (TPSA) is 24.1 Å². The molecule has 0 aromatic heterocycles. The molecule has 0 amide bonds. The molecule has 0 unspecified atom stereocenters. The predicted molar refractivity (Wildman–Crippen MR) is 58.7 cm³/mol. The molecule has 12 heavy (non-hydrogen) atoms. The Bertz CT molecular complexity index is 93.1. The Morgan fingerprint density at radius 2 is 2.00 bits per heavy atom. The molecule has 1 fully saturated rings. The second-order valence-electron chi connectivity index (χ2n) is 3.36. The lowest BCUT2D eigenvalue weighted by Gasteiger charge is -2.25. The third-order valence-corrected chi connectivity index (χ3v) is 1.87. The van der Waals surface area contributed by atoms with Crippen molar-refractivity contribution in [3.8, 4) is 0 Å². The Balaban J connectivity index is 0. The summed E-state index contributed by atoms with van der Waals surface area (Å²) in [6.45, 7) is 6.76. The standard InChI is InChI=1S/C8H18N2.2ClH/c1-7(2)10-8-4-3-5-9-6-8;;/h7-10H,3-6H2,1-2H3;2*1H/t8-;;/m1../s1. The van der Waals surface area contributed by atoms with E-state index >= 15 is 0 Å². The molecule has 0 aromatic rings. The maximum atomic E-state index is 3.52. The molecule has 1 heterocycles. The van der Waals surface area contributed by atoms with Gasteiger partial charge in [0.25, 0.3) is 0 Å². The van der Waals surface area contributed by atoms with E-state index in [1.54, 1.807) is 0 Å². The lowest BCUT2D eigenvalue weighted by molar-refractivity contribution is 0.367. The van der Waals surface area contributed by atoms with Crippen LogP contribution in [0.1, 0.15) is 26.7 Å². The quantitative estimate of drug-likeness (QED) is 0.730. The molecule has 0 bridgehead atoms. The number of hydrogen-bond acceptors (Lipinski definition) is 2. The maximum Gasteiger partial charge on any atom is 0.0195 e. The fraction of sp³-hybridized carbons (Fsp3) is 1.00. The molecule has 4 heteroatoms. The molecule has 0 saturated carbocycles. The second-order valence-corrected chi connectivity index (χ2v) is 3.36. The van der Waals surface area contributed by atoms with Crippen LogP contribution < -0.4 is 10.6 Å². The molecule has 0 aliphatic carbocycles. The summed E-state index contributed by atoms with van der Waals surface area (Å²) in [6, 6.07) is 1.35. The van der Waals surface area contributed by atoms with Gasteiger partial charge in [0.1, 0.15) is 0 Å². The number of piperidine rings is 1. The highest BCUT2D eigenvalue weighted by Crippen LogP contribution is 2.01. The molecular formula is C8H20Cl2N2. The van der Waals surface area contributed by atoms with Gasteiger partial charge in [0.2, 0.25) is 0 Å². The average Bonchev–Trinajstić information content (AvgIpc) is 1.88. The van der Waals surface area contributed by atoms with Gasteiger partial charge in [0.15, 0.2) is 0 Å². The molecule has 1 aliphatic rings. The van der Waals surface area contributed by atoms with Gasteiger partial charge in [-0.15, -0.1) is 24.8 Å². The monoisotopic (exact) mass is 214 g/mol. The fourth-order valence-electron chi connectivity index (χ4n) is 1.47. The van der Waals surface area contributed by atoms with Crippen LogP contribution in [0, 0.1) is 0 Å². The molecule has 1 saturated heterocycles. The summed E-state index contributed by atoms with van der Waals surface area (Å²) in [7, 11) is 0. The van der Waals surface area contributed by atoms with Crippen LogP contribution in [0.5, 0.6) is 0 Å². The molecule has 2 nitrogen and oxygen atoms in total. The summed E-state index contributed by atoms with van der Waals surface area (Å²) in [5.74, 6) is 0. The van der Waals surface area contributed by atoms with E-state index in [1.807, 2.05) is 0 Å². The SMILES string of the molecule is CC(C)N[C@@H]1CCCNC1.Cl.Cl. The number of nitrogens with one attached hydrogen (secondary N) is 2. The Morgan fingerprint density at radius 3 is 2.42 bits per heavy atom. The Morgan fingerprint density at radius 1 is 1.33 bits per heavy atom. The van der Waals surface area contributed by atoms with Crippen LogP contribution in [0.4, 0.5) is 0 Å². The van der Waals surface area contributed by atoms with E-state index in [1.165, 1.54) is 19.4 Å². The molecule has 1 aliphatic heterocycles. The van der Waals surface area contributed by atoms with Crippen molar-refractivity contribution in [2.45, 2.75) is 38.8 Å². The first-order valence-electron chi connectivity index (χ1n) is 4.26. The minimum Gasteiger partial charge on any atom is -0.315 e. The van der Waals surface area contributed by atoms with Crippen LogP contribution in [0.25, 0.3) is 0 Å². The first kappa shape index (κ1) is 15.0. The lowest BCUT2D eigenvalue weighted by Crippen LogP contribution is -2.45. The van der Waals surface area contributed by atoms with Gasteiger partial charge in [-0.2, -0.15) is 0 Å². The molecule has 76 valence electrons. The van der Waals surface area contributed by atoms with Gasteiger partial charge >= 0.3 is 0 Å². The zero-order chi connectivity index (χ0) is 7.40. The minimum absolute atomic E-state index is 0. The number of rotatable bonds is 2. The van der Waals surface area contributed by atoms with E-state index < -0.39 is 0 Å². The highest BCUT2D eigenvalue weighted by Gasteiger charge is 2.12. The van der Waals surface area contributed by atoms with Crippen molar-refractivity contribution in [1.82, 2.24) is 10.6 Å². The average molecular weight is 215 g/mol. The van der Waals surface area contributed by atoms with E-state index in [2.05, 4.69) is 24.5 Å². The fourth-order valence-corrected chi connectivity index (χ4v) is 1.47. The van der Waals surface area contributed by atoms with E-state index in [-0.39, 0.29) is 24.8 Å². The number of halogens is 2. The van der Waals surface area contributed by atoms with E-state index in [0.717, 1.165) is 6.54 Å². The van der Waals surface area contributed by atoms with Gasteiger partial charge in [-0.05, 0) is 19.4 Å². The van der Waals surface area contributed by atoms with Gasteiger partial charge in [-0.1, -0.05) is 13.8 Å². The van der Waals surface area contributed by atoms with E-state index in [9.17, 15) is 0 Å². The summed E-state index contributed by atoms with van der Waals surface area (Å²) < 4.78 is 0. The van der Waals surface area contributed by atoms with Crippen LogP contribution in [-0.4, -0.2) is 25.2 Å².